The summed E-state index contributed by atoms with van der Waals surface area (Å²) in [6.45, 7) is 1.80. The standard InChI is InChI=1S/C15H15F2N3O/c1-9(10-3-5-19-6-4-10)20(2)15(21)11-7-14(18)13(17)8-12(11)16/h3-9H,18H2,1-2H3. The van der Waals surface area contributed by atoms with Gasteiger partial charge in [0.2, 0.25) is 0 Å². The first kappa shape index (κ1) is 14.9. The Morgan fingerprint density at radius 1 is 1.24 bits per heavy atom. The Labute approximate surface area is 121 Å². The van der Waals surface area contributed by atoms with E-state index >= 15 is 0 Å². The highest BCUT2D eigenvalue weighted by Crippen LogP contribution is 2.23. The molecule has 0 aliphatic carbocycles. The predicted molar refractivity (Wildman–Crippen MR) is 75.5 cm³/mol. The normalized spacial score (nSPS) is 12.0. The van der Waals surface area contributed by atoms with E-state index in [1.807, 2.05) is 0 Å². The molecule has 1 amide bonds. The number of pyridine rings is 1. The number of nitrogens with two attached hydrogens (primary N) is 1. The fourth-order valence-electron chi connectivity index (χ4n) is 1.96. The summed E-state index contributed by atoms with van der Waals surface area (Å²) in [5.74, 6) is -2.38. The van der Waals surface area contributed by atoms with Crippen molar-refractivity contribution in [3.63, 3.8) is 0 Å². The third kappa shape index (κ3) is 2.99. The number of hydrogen-bond donors (Lipinski definition) is 1. The van der Waals surface area contributed by atoms with Gasteiger partial charge < -0.3 is 10.6 Å². The van der Waals surface area contributed by atoms with Crippen LogP contribution in [-0.4, -0.2) is 22.8 Å². The molecule has 1 atom stereocenters. The van der Waals surface area contributed by atoms with Gasteiger partial charge in [-0.1, -0.05) is 0 Å². The van der Waals surface area contributed by atoms with Crippen LogP contribution in [0.1, 0.15) is 28.9 Å². The van der Waals surface area contributed by atoms with Crippen LogP contribution in [-0.2, 0) is 0 Å². The van der Waals surface area contributed by atoms with Gasteiger partial charge in [0.1, 0.15) is 11.6 Å². The van der Waals surface area contributed by atoms with Gasteiger partial charge in [0.15, 0.2) is 0 Å². The van der Waals surface area contributed by atoms with E-state index in [4.69, 9.17) is 5.73 Å². The number of nitrogen functional groups attached to an aromatic ring is 1. The van der Waals surface area contributed by atoms with Crippen LogP contribution in [0.15, 0.2) is 36.7 Å². The highest BCUT2D eigenvalue weighted by Gasteiger charge is 2.22. The van der Waals surface area contributed by atoms with Crippen molar-refractivity contribution < 1.29 is 13.6 Å². The minimum absolute atomic E-state index is 0.252. The van der Waals surface area contributed by atoms with Crippen LogP contribution in [0.5, 0.6) is 0 Å². The molecule has 2 aromatic rings. The summed E-state index contributed by atoms with van der Waals surface area (Å²) in [6, 6.07) is 4.88. The van der Waals surface area contributed by atoms with E-state index in [1.165, 1.54) is 4.90 Å². The van der Waals surface area contributed by atoms with Crippen molar-refractivity contribution in [1.29, 1.82) is 0 Å². The molecule has 2 rings (SSSR count). The maximum absolute atomic E-state index is 13.8. The Hall–Kier alpha value is -2.50. The monoisotopic (exact) mass is 291 g/mol. The molecule has 6 heteroatoms. The molecule has 2 N–H and O–H groups in total. The number of benzene rings is 1. The second-order valence-corrected chi connectivity index (χ2v) is 4.73. The number of aromatic nitrogens is 1. The van der Waals surface area contributed by atoms with Crippen molar-refractivity contribution >= 4 is 11.6 Å². The van der Waals surface area contributed by atoms with Crippen molar-refractivity contribution in [3.05, 3.63) is 59.4 Å². The van der Waals surface area contributed by atoms with E-state index in [-0.39, 0.29) is 17.3 Å². The highest BCUT2D eigenvalue weighted by molar-refractivity contribution is 5.95. The van der Waals surface area contributed by atoms with E-state index in [9.17, 15) is 13.6 Å². The smallest absolute Gasteiger partial charge is 0.257 e. The molecule has 0 saturated heterocycles. The van der Waals surface area contributed by atoms with Crippen molar-refractivity contribution in [2.45, 2.75) is 13.0 Å². The summed E-state index contributed by atoms with van der Waals surface area (Å²) in [6.07, 6.45) is 3.22. The first-order valence-corrected chi connectivity index (χ1v) is 6.33. The van der Waals surface area contributed by atoms with Crippen molar-refractivity contribution in [2.24, 2.45) is 0 Å². The summed E-state index contributed by atoms with van der Waals surface area (Å²) in [7, 11) is 1.55. The molecule has 110 valence electrons. The lowest BCUT2D eigenvalue weighted by molar-refractivity contribution is 0.0738. The molecule has 0 bridgehead atoms. The second-order valence-electron chi connectivity index (χ2n) is 4.73. The molecule has 1 aromatic heterocycles. The number of anilines is 1. The lowest BCUT2D eigenvalue weighted by atomic mass is 10.1. The number of halogens is 2. The van der Waals surface area contributed by atoms with Crippen LogP contribution in [0.25, 0.3) is 0 Å². The van der Waals surface area contributed by atoms with Gasteiger partial charge in [-0.15, -0.1) is 0 Å². The molecular formula is C15H15F2N3O. The zero-order valence-electron chi connectivity index (χ0n) is 11.7. The summed E-state index contributed by atoms with van der Waals surface area (Å²) in [5.41, 5.74) is 5.74. The maximum atomic E-state index is 13.8. The Bertz CT molecular complexity index is 661. The largest absolute Gasteiger partial charge is 0.396 e. The summed E-state index contributed by atoms with van der Waals surface area (Å²) < 4.78 is 26.9. The zero-order valence-corrected chi connectivity index (χ0v) is 11.7. The molecule has 1 heterocycles. The number of hydrogen-bond acceptors (Lipinski definition) is 3. The average molecular weight is 291 g/mol. The summed E-state index contributed by atoms with van der Waals surface area (Å²) in [4.78, 5) is 17.6. The molecule has 0 radical (unpaired) electrons. The SMILES string of the molecule is CC(c1ccncc1)N(C)C(=O)c1cc(N)c(F)cc1F. The topological polar surface area (TPSA) is 59.2 Å². The molecule has 1 aromatic carbocycles. The third-order valence-electron chi connectivity index (χ3n) is 3.41. The van der Waals surface area contributed by atoms with Crippen LogP contribution in [0.4, 0.5) is 14.5 Å². The lowest BCUT2D eigenvalue weighted by Gasteiger charge is -2.25. The van der Waals surface area contributed by atoms with Gasteiger partial charge in [-0.25, -0.2) is 8.78 Å². The number of rotatable bonds is 3. The fraction of sp³-hybridized carbons (Fsp3) is 0.200. The van der Waals surface area contributed by atoms with Gasteiger partial charge >= 0.3 is 0 Å². The van der Waals surface area contributed by atoms with Crippen molar-refractivity contribution in [2.75, 3.05) is 12.8 Å². The van der Waals surface area contributed by atoms with E-state index in [0.717, 1.165) is 11.6 Å². The van der Waals surface area contributed by atoms with Crippen LogP contribution in [0.2, 0.25) is 0 Å². The Morgan fingerprint density at radius 2 is 1.86 bits per heavy atom. The highest BCUT2D eigenvalue weighted by atomic mass is 19.1. The zero-order chi connectivity index (χ0) is 15.6. The third-order valence-corrected chi connectivity index (χ3v) is 3.41. The van der Waals surface area contributed by atoms with Crippen molar-refractivity contribution in [1.82, 2.24) is 9.88 Å². The van der Waals surface area contributed by atoms with Crippen molar-refractivity contribution in [3.8, 4) is 0 Å². The van der Waals surface area contributed by atoms with Crippen LogP contribution >= 0.6 is 0 Å². The maximum Gasteiger partial charge on any atom is 0.257 e. The molecule has 4 nitrogen and oxygen atoms in total. The van der Waals surface area contributed by atoms with Gasteiger partial charge in [-0.3, -0.25) is 9.78 Å². The molecule has 1 unspecified atom stereocenters. The molecule has 21 heavy (non-hydrogen) atoms. The van der Waals surface area contributed by atoms with E-state index in [1.54, 1.807) is 38.5 Å². The van der Waals surface area contributed by atoms with Crippen LogP contribution in [0, 0.1) is 11.6 Å². The lowest BCUT2D eigenvalue weighted by Crippen LogP contribution is -2.30. The first-order chi connectivity index (χ1) is 9.91. The summed E-state index contributed by atoms with van der Waals surface area (Å²) >= 11 is 0. The molecule has 0 fully saturated rings. The predicted octanol–water partition coefficient (Wildman–Crippen LogP) is 2.78. The molecule has 0 aliphatic heterocycles. The van der Waals surface area contributed by atoms with Gasteiger partial charge in [-0.2, -0.15) is 0 Å². The second kappa shape index (κ2) is 5.87. The summed E-state index contributed by atoms with van der Waals surface area (Å²) in [5, 5.41) is 0. The molecule has 0 spiro atoms. The first-order valence-electron chi connectivity index (χ1n) is 6.33. The Kier molecular flexibility index (Phi) is 4.16. The van der Waals surface area contributed by atoms with Gasteiger partial charge in [0, 0.05) is 25.5 Å². The number of amides is 1. The molecular weight excluding hydrogens is 276 g/mol. The minimum Gasteiger partial charge on any atom is -0.396 e. The van der Waals surface area contributed by atoms with E-state index in [2.05, 4.69) is 4.98 Å². The molecule has 0 aliphatic rings. The van der Waals surface area contributed by atoms with Crippen LogP contribution in [0.3, 0.4) is 0 Å². The van der Waals surface area contributed by atoms with Crippen LogP contribution < -0.4 is 5.73 Å². The van der Waals surface area contributed by atoms with Gasteiger partial charge in [0.05, 0.1) is 17.3 Å². The van der Waals surface area contributed by atoms with Gasteiger partial charge in [-0.05, 0) is 30.7 Å². The average Bonchev–Trinajstić information content (AvgIpc) is 2.49. The number of carbonyl (C=O) groups is 1. The Morgan fingerprint density at radius 3 is 2.48 bits per heavy atom. The van der Waals surface area contributed by atoms with E-state index in [0.29, 0.717) is 6.07 Å². The molecule has 0 saturated carbocycles. The Balaban J connectivity index is 2.30. The quantitative estimate of drug-likeness (QED) is 0.885. The number of carbonyl (C=O) groups excluding carboxylic acids is 1. The minimum atomic E-state index is -0.930. The van der Waals surface area contributed by atoms with Gasteiger partial charge in [0.25, 0.3) is 5.91 Å². The fourth-order valence-corrected chi connectivity index (χ4v) is 1.96. The number of nitrogens with zero attached hydrogens (tertiary/aromatic N) is 2. The van der Waals surface area contributed by atoms with E-state index < -0.39 is 17.5 Å².